The van der Waals surface area contributed by atoms with Crippen molar-refractivity contribution >= 4 is 57.5 Å². The summed E-state index contributed by atoms with van der Waals surface area (Å²) in [6, 6.07) is 5.80. The molecule has 8 heteroatoms. The third kappa shape index (κ3) is 8.22. The fourth-order valence-electron chi connectivity index (χ4n) is 2.31. The van der Waals surface area contributed by atoms with Crippen LogP contribution in [0.3, 0.4) is 0 Å². The highest BCUT2D eigenvalue weighted by Crippen LogP contribution is 2.28. The highest BCUT2D eigenvalue weighted by molar-refractivity contribution is 14.0. The van der Waals surface area contributed by atoms with Gasteiger partial charge in [-0.2, -0.15) is 0 Å². The van der Waals surface area contributed by atoms with E-state index in [1.807, 2.05) is 37.1 Å². The van der Waals surface area contributed by atoms with E-state index in [-0.39, 0.29) is 36.4 Å². The number of rotatable bonds is 8. The zero-order valence-corrected chi connectivity index (χ0v) is 19.5. The number of guanidine groups is 1. The van der Waals surface area contributed by atoms with Gasteiger partial charge in [0, 0.05) is 37.4 Å². The van der Waals surface area contributed by atoms with Crippen molar-refractivity contribution in [3.05, 3.63) is 28.2 Å². The predicted octanol–water partition coefficient (Wildman–Crippen LogP) is 3.25. The third-order valence-electron chi connectivity index (χ3n) is 4.08. The van der Waals surface area contributed by atoms with Crippen molar-refractivity contribution in [1.29, 1.82) is 0 Å². The average Bonchev–Trinajstić information content (AvgIpc) is 3.40. The van der Waals surface area contributed by atoms with Crippen molar-refractivity contribution in [1.82, 2.24) is 10.2 Å². The van der Waals surface area contributed by atoms with E-state index >= 15 is 0 Å². The number of aryl methyl sites for hydroxylation is 1. The van der Waals surface area contributed by atoms with Gasteiger partial charge in [-0.3, -0.25) is 9.79 Å². The molecule has 1 aliphatic carbocycles. The van der Waals surface area contributed by atoms with Gasteiger partial charge in [0.15, 0.2) is 5.96 Å². The molecule has 146 valence electrons. The summed E-state index contributed by atoms with van der Waals surface area (Å²) in [6.45, 7) is 4.37. The fraction of sp³-hybridized carbons (Fsp3) is 0.556. The van der Waals surface area contributed by atoms with Crippen molar-refractivity contribution in [2.75, 3.05) is 45.7 Å². The molecule has 2 N–H and O–H groups in total. The number of nitrogens with one attached hydrogen (secondary N) is 2. The minimum atomic E-state index is -0.110. The number of benzene rings is 1. The monoisotopic (exact) mass is 538 g/mol. The molecular formula is C18H28BrIN4O2. The Balaban J connectivity index is 0.00000338. The number of carbonyl (C=O) groups is 1. The van der Waals surface area contributed by atoms with Gasteiger partial charge < -0.3 is 20.3 Å². The van der Waals surface area contributed by atoms with Gasteiger partial charge in [-0.1, -0.05) is 22.0 Å². The third-order valence-corrected chi connectivity index (χ3v) is 4.57. The second-order valence-electron chi connectivity index (χ2n) is 6.35. The topological polar surface area (TPSA) is 66.0 Å². The highest BCUT2D eigenvalue weighted by Gasteiger charge is 2.21. The first-order valence-electron chi connectivity index (χ1n) is 8.55. The lowest BCUT2D eigenvalue weighted by molar-refractivity contribution is -0.115. The van der Waals surface area contributed by atoms with Crippen LogP contribution in [0.25, 0.3) is 0 Å². The Morgan fingerprint density at radius 1 is 1.42 bits per heavy atom. The number of likely N-dealkylation sites (N-methyl/N-ethyl adjacent to an activating group) is 1. The molecule has 1 aliphatic rings. The average molecular weight is 539 g/mol. The second kappa shape index (κ2) is 11.8. The summed E-state index contributed by atoms with van der Waals surface area (Å²) in [6.07, 6.45) is 2.59. The molecule has 1 saturated carbocycles. The van der Waals surface area contributed by atoms with Crippen molar-refractivity contribution in [3.63, 3.8) is 0 Å². The van der Waals surface area contributed by atoms with Crippen LogP contribution in [0.5, 0.6) is 0 Å². The van der Waals surface area contributed by atoms with Crippen molar-refractivity contribution in [2.24, 2.45) is 10.9 Å². The SMILES string of the molecule is CN=C(NCC(=O)Nc1cc(Br)ccc1C)N(C)CCOCC1CC1.I. The molecule has 0 atom stereocenters. The van der Waals surface area contributed by atoms with E-state index in [1.165, 1.54) is 12.8 Å². The summed E-state index contributed by atoms with van der Waals surface area (Å²) in [4.78, 5) is 18.4. The van der Waals surface area contributed by atoms with Crippen LogP contribution in [0.4, 0.5) is 5.69 Å². The number of ether oxygens (including phenoxy) is 1. The summed E-state index contributed by atoms with van der Waals surface area (Å²) < 4.78 is 6.58. The lowest BCUT2D eigenvalue weighted by Gasteiger charge is -2.22. The van der Waals surface area contributed by atoms with E-state index in [1.54, 1.807) is 7.05 Å². The number of hydrogen-bond acceptors (Lipinski definition) is 3. The second-order valence-corrected chi connectivity index (χ2v) is 7.26. The van der Waals surface area contributed by atoms with E-state index in [4.69, 9.17) is 4.74 Å². The van der Waals surface area contributed by atoms with Crippen molar-refractivity contribution in [2.45, 2.75) is 19.8 Å². The number of nitrogens with zero attached hydrogens (tertiary/aromatic N) is 2. The van der Waals surface area contributed by atoms with Gasteiger partial charge in [-0.05, 0) is 43.4 Å². The summed E-state index contributed by atoms with van der Waals surface area (Å²) in [5, 5.41) is 5.99. The van der Waals surface area contributed by atoms with Crippen LogP contribution in [0.15, 0.2) is 27.7 Å². The molecule has 0 radical (unpaired) electrons. The zero-order valence-electron chi connectivity index (χ0n) is 15.5. The lowest BCUT2D eigenvalue weighted by Crippen LogP contribution is -2.43. The molecule has 26 heavy (non-hydrogen) atoms. The number of aliphatic imine (C=N–C) groups is 1. The van der Waals surface area contributed by atoms with Gasteiger partial charge in [0.1, 0.15) is 0 Å². The molecule has 2 rings (SSSR count). The number of carbonyl (C=O) groups excluding carboxylic acids is 1. The maximum Gasteiger partial charge on any atom is 0.243 e. The largest absolute Gasteiger partial charge is 0.379 e. The van der Waals surface area contributed by atoms with Crippen LogP contribution in [0.2, 0.25) is 0 Å². The smallest absolute Gasteiger partial charge is 0.243 e. The molecule has 1 aromatic carbocycles. The normalized spacial score (nSPS) is 13.8. The number of hydrogen-bond donors (Lipinski definition) is 2. The molecular weight excluding hydrogens is 511 g/mol. The van der Waals surface area contributed by atoms with Crippen molar-refractivity contribution < 1.29 is 9.53 Å². The molecule has 0 aliphatic heterocycles. The Morgan fingerprint density at radius 2 is 2.15 bits per heavy atom. The van der Waals surface area contributed by atoms with Crippen LogP contribution >= 0.6 is 39.9 Å². The van der Waals surface area contributed by atoms with Gasteiger partial charge in [-0.15, -0.1) is 24.0 Å². The molecule has 0 aromatic heterocycles. The van der Waals surface area contributed by atoms with Gasteiger partial charge >= 0.3 is 0 Å². The Bertz CT molecular complexity index is 623. The minimum Gasteiger partial charge on any atom is -0.379 e. The first kappa shape index (κ1) is 23.2. The van der Waals surface area contributed by atoms with Gasteiger partial charge in [0.2, 0.25) is 5.91 Å². The summed E-state index contributed by atoms with van der Waals surface area (Å²) in [5.74, 6) is 1.34. The maximum atomic E-state index is 12.2. The molecule has 0 heterocycles. The molecule has 0 spiro atoms. The molecule has 0 saturated heterocycles. The van der Waals surface area contributed by atoms with Crippen molar-refractivity contribution in [3.8, 4) is 0 Å². The molecule has 1 fully saturated rings. The van der Waals surface area contributed by atoms with E-state index < -0.39 is 0 Å². The van der Waals surface area contributed by atoms with Crippen LogP contribution < -0.4 is 10.6 Å². The fourth-order valence-corrected chi connectivity index (χ4v) is 2.67. The first-order valence-corrected chi connectivity index (χ1v) is 9.34. The Kier molecular flexibility index (Phi) is 10.5. The highest BCUT2D eigenvalue weighted by atomic mass is 127. The standard InChI is InChI=1S/C18H27BrN4O2.HI/c1-13-4-7-15(19)10-16(13)22-17(24)11-21-18(20-2)23(3)8-9-25-12-14-5-6-14;/h4,7,10,14H,5-6,8-9,11-12H2,1-3H3,(H,20,21)(H,22,24);1H. The Hall–Kier alpha value is -0.870. The number of amides is 1. The lowest BCUT2D eigenvalue weighted by atomic mass is 10.2. The van der Waals surface area contributed by atoms with E-state index in [2.05, 4.69) is 31.6 Å². The number of halogens is 2. The quantitative estimate of drug-likeness (QED) is 0.231. The maximum absolute atomic E-state index is 12.2. The van der Waals surface area contributed by atoms with E-state index in [0.717, 1.165) is 34.8 Å². The molecule has 1 amide bonds. The van der Waals surface area contributed by atoms with Gasteiger partial charge in [0.05, 0.1) is 13.2 Å². The summed E-state index contributed by atoms with van der Waals surface area (Å²) in [5.41, 5.74) is 1.82. The molecule has 1 aromatic rings. The Labute approximate surface area is 181 Å². The zero-order chi connectivity index (χ0) is 18.2. The summed E-state index contributed by atoms with van der Waals surface area (Å²) >= 11 is 3.42. The Morgan fingerprint density at radius 3 is 2.81 bits per heavy atom. The van der Waals surface area contributed by atoms with E-state index in [0.29, 0.717) is 12.6 Å². The van der Waals surface area contributed by atoms with Crippen LogP contribution in [-0.4, -0.2) is 57.2 Å². The van der Waals surface area contributed by atoms with E-state index in [9.17, 15) is 4.79 Å². The van der Waals surface area contributed by atoms with Crippen LogP contribution in [-0.2, 0) is 9.53 Å². The van der Waals surface area contributed by atoms with Gasteiger partial charge in [0.25, 0.3) is 0 Å². The summed E-state index contributed by atoms with van der Waals surface area (Å²) in [7, 11) is 3.65. The van der Waals surface area contributed by atoms with Gasteiger partial charge in [-0.25, -0.2) is 0 Å². The molecule has 0 bridgehead atoms. The minimum absolute atomic E-state index is 0. The number of anilines is 1. The molecule has 6 nitrogen and oxygen atoms in total. The van der Waals surface area contributed by atoms with Crippen LogP contribution in [0, 0.1) is 12.8 Å². The first-order chi connectivity index (χ1) is 12.0. The van der Waals surface area contributed by atoms with Crippen LogP contribution in [0.1, 0.15) is 18.4 Å². The molecule has 0 unspecified atom stereocenters. The predicted molar refractivity (Wildman–Crippen MR) is 120 cm³/mol.